The van der Waals surface area contributed by atoms with E-state index in [4.69, 9.17) is 14.1 Å². The number of nitrogens with zero attached hydrogens (tertiary/aromatic N) is 6. The molecule has 0 unspecified atom stereocenters. The van der Waals surface area contributed by atoms with Gasteiger partial charge < -0.3 is 24.7 Å². The minimum atomic E-state index is -1.94. The fraction of sp³-hybridized carbons (Fsp3) is 0.533. The molecule has 2 N–H and O–H groups in total. The number of fused-ring (bicyclic) bond motifs is 1. The van der Waals surface area contributed by atoms with E-state index in [1.807, 2.05) is 23.0 Å². The molecule has 3 aromatic rings. The molecule has 0 spiro atoms. The van der Waals surface area contributed by atoms with Crippen LogP contribution in [0, 0.1) is 11.3 Å². The van der Waals surface area contributed by atoms with Crippen LogP contribution in [-0.2, 0) is 21.1 Å². The van der Waals surface area contributed by atoms with Crippen LogP contribution in [0.3, 0.4) is 0 Å². The third-order valence-electron chi connectivity index (χ3n) is 8.74. The van der Waals surface area contributed by atoms with E-state index in [2.05, 4.69) is 85.5 Å². The van der Waals surface area contributed by atoms with Crippen LogP contribution in [-0.4, -0.2) is 67.5 Å². The zero-order valence-electron chi connectivity index (χ0n) is 25.3. The largest absolute Gasteiger partial charge is 0.564 e. The van der Waals surface area contributed by atoms with Gasteiger partial charge in [-0.3, -0.25) is 0 Å². The van der Waals surface area contributed by atoms with Gasteiger partial charge in [-0.1, -0.05) is 27.7 Å². The van der Waals surface area contributed by atoms with E-state index in [-0.39, 0.29) is 10.5 Å². The number of nitrogens with one attached hydrogen (secondary N) is 2. The average molecular weight is 575 g/mol. The van der Waals surface area contributed by atoms with Crippen LogP contribution in [0.15, 0.2) is 30.6 Å². The van der Waals surface area contributed by atoms with Crippen LogP contribution in [0.1, 0.15) is 45.7 Å². The molecule has 4 heterocycles. The third-order valence-corrected chi connectivity index (χ3v) is 13.2. The van der Waals surface area contributed by atoms with Crippen molar-refractivity contribution in [1.29, 1.82) is 5.26 Å². The van der Waals surface area contributed by atoms with Gasteiger partial charge in [0.05, 0.1) is 36.4 Å². The molecular formula is C30H42N8O2Si-. The number of hydrogen-bond acceptors (Lipinski definition) is 9. The van der Waals surface area contributed by atoms with E-state index in [1.165, 1.54) is 0 Å². The molecule has 1 saturated heterocycles. The van der Waals surface area contributed by atoms with Crippen molar-refractivity contribution in [3.8, 4) is 17.3 Å². The van der Waals surface area contributed by atoms with Gasteiger partial charge in [0.15, 0.2) is 5.82 Å². The second-order valence-corrected chi connectivity index (χ2v) is 17.5. The zero-order chi connectivity index (χ0) is 29.4. The predicted octanol–water partition coefficient (Wildman–Crippen LogP) is 5.52. The predicted molar refractivity (Wildman–Crippen MR) is 165 cm³/mol. The van der Waals surface area contributed by atoms with Crippen molar-refractivity contribution in [2.24, 2.45) is 0 Å². The van der Waals surface area contributed by atoms with E-state index in [1.54, 1.807) is 6.20 Å². The Labute approximate surface area is 244 Å². The Morgan fingerprint density at radius 3 is 2.68 bits per heavy atom. The van der Waals surface area contributed by atoms with Crippen LogP contribution < -0.4 is 15.5 Å². The molecule has 5 rings (SSSR count). The van der Waals surface area contributed by atoms with Crippen molar-refractivity contribution in [3.05, 3.63) is 41.7 Å². The molecule has 0 saturated carbocycles. The molecular weight excluding hydrogens is 532 g/mol. The van der Waals surface area contributed by atoms with Gasteiger partial charge in [0.2, 0.25) is 5.95 Å². The summed E-state index contributed by atoms with van der Waals surface area (Å²) in [5.74, 6) is 1.49. The lowest BCUT2D eigenvalue weighted by molar-refractivity contribution is 0.122. The maximum Gasteiger partial charge on any atom is 0.227 e. The number of aryl methyl sites for hydroxylation is 1. The first-order valence-corrected chi connectivity index (χ1v) is 17.3. The van der Waals surface area contributed by atoms with Crippen LogP contribution in [0.25, 0.3) is 11.3 Å². The number of nitriles is 1. The number of ether oxygens (including phenoxy) is 1. The van der Waals surface area contributed by atoms with Gasteiger partial charge in [-0.15, -0.1) is 18.1 Å². The Kier molecular flexibility index (Phi) is 7.85. The number of aromatic nitrogens is 4. The monoisotopic (exact) mass is 574 g/mol. The van der Waals surface area contributed by atoms with Crippen molar-refractivity contribution < 1.29 is 9.16 Å². The lowest BCUT2D eigenvalue weighted by Crippen LogP contribution is -2.45. The molecule has 1 fully saturated rings. The molecule has 2 aliphatic heterocycles. The third kappa shape index (κ3) is 5.69. The smallest absolute Gasteiger partial charge is 0.227 e. The highest BCUT2D eigenvalue weighted by atomic mass is 28.4. The number of rotatable bonds is 8. The van der Waals surface area contributed by atoms with Gasteiger partial charge >= 0.3 is 0 Å². The molecule has 41 heavy (non-hydrogen) atoms. The molecule has 0 bridgehead atoms. The second kappa shape index (κ2) is 11.1. The van der Waals surface area contributed by atoms with E-state index in [0.29, 0.717) is 31.3 Å². The lowest BCUT2D eigenvalue weighted by atomic mass is 9.83. The average Bonchev–Trinajstić information content (AvgIpc) is 3.52. The van der Waals surface area contributed by atoms with E-state index in [0.717, 1.165) is 60.2 Å². The normalized spacial score (nSPS) is 19.0. The highest BCUT2D eigenvalue weighted by Gasteiger charge is 2.38. The van der Waals surface area contributed by atoms with Crippen molar-refractivity contribution in [2.75, 3.05) is 55.0 Å². The van der Waals surface area contributed by atoms with Gasteiger partial charge in [-0.2, -0.15) is 10.4 Å². The van der Waals surface area contributed by atoms with E-state index in [9.17, 15) is 5.26 Å². The van der Waals surface area contributed by atoms with Gasteiger partial charge in [0.25, 0.3) is 0 Å². The summed E-state index contributed by atoms with van der Waals surface area (Å²) in [5.41, 5.74) is 4.83. The van der Waals surface area contributed by atoms with Crippen LogP contribution in [0.4, 0.5) is 23.1 Å². The lowest BCUT2D eigenvalue weighted by Gasteiger charge is -2.50. The van der Waals surface area contributed by atoms with E-state index < -0.39 is 8.32 Å². The Hall–Kier alpha value is -3.46. The summed E-state index contributed by atoms with van der Waals surface area (Å²) < 4.78 is 14.2. The second-order valence-electron chi connectivity index (χ2n) is 12.7. The summed E-state index contributed by atoms with van der Waals surface area (Å²) in [5, 5.41) is 21.7. The molecule has 2 aliphatic rings. The highest BCUT2D eigenvalue weighted by Crippen LogP contribution is 2.44. The standard InChI is InChI=1S/C30H42N8O2Si/c1-8-38-27(37-11-13-39-14-12-37)25(18-34-38)36-28-32-10-9-24(35-28)21-15-22(17-31)26-23(16-21)30(5,19-33-26)20-40-41(6,7)29(2,3)4/h9-10,15-16,18,33H,8,11-14,19-20H2,1-7H3,(H,32,35,36)/q-1/t30-/m1/s1. The quantitative estimate of drug-likeness (QED) is 0.336. The number of hydrogen-bond donors (Lipinski definition) is 2. The van der Waals surface area contributed by atoms with Crippen molar-refractivity contribution in [3.63, 3.8) is 0 Å². The Morgan fingerprint density at radius 1 is 1.24 bits per heavy atom. The molecule has 1 atom stereocenters. The molecule has 0 radical (unpaired) electrons. The fourth-order valence-corrected chi connectivity index (χ4v) is 6.23. The van der Waals surface area contributed by atoms with Gasteiger partial charge in [-0.25, -0.2) is 14.6 Å². The number of anilines is 4. The first-order valence-electron chi connectivity index (χ1n) is 14.4. The van der Waals surface area contributed by atoms with Crippen LogP contribution >= 0.6 is 0 Å². The molecule has 0 aliphatic carbocycles. The molecule has 1 aromatic carbocycles. The summed E-state index contributed by atoms with van der Waals surface area (Å²) in [7, 11) is -1.94. The molecule has 10 nitrogen and oxygen atoms in total. The molecule has 2 aromatic heterocycles. The van der Waals surface area contributed by atoms with Crippen LogP contribution in [0.2, 0.25) is 18.1 Å². The van der Waals surface area contributed by atoms with E-state index >= 15 is 0 Å². The summed E-state index contributed by atoms with van der Waals surface area (Å²) in [6, 6.07) is 8.35. The molecule has 0 amide bonds. The first kappa shape index (κ1) is 29.0. The minimum Gasteiger partial charge on any atom is -0.564 e. The van der Waals surface area contributed by atoms with Gasteiger partial charge in [-0.05, 0) is 39.0 Å². The first-order chi connectivity index (χ1) is 19.5. The minimum absolute atomic E-state index is 0.123. The van der Waals surface area contributed by atoms with Gasteiger partial charge in [0.1, 0.15) is 11.8 Å². The Morgan fingerprint density at radius 2 is 2.00 bits per heavy atom. The highest BCUT2D eigenvalue weighted by molar-refractivity contribution is 6.74. The molecule has 219 valence electrons. The SMILES string of the molecule is CCn1ncc(Nc2nccc(-c3cc(C#N)c4c(c3)[C@@](C)(CO[Si-](C)(C)C(C)(C)C)CN4)n2)c1N1CCOCC1. The fourth-order valence-electron chi connectivity index (χ4n) is 5.12. The van der Waals surface area contributed by atoms with Crippen LogP contribution in [0.5, 0.6) is 0 Å². The summed E-state index contributed by atoms with van der Waals surface area (Å²) in [4.78, 5) is 11.7. The summed E-state index contributed by atoms with van der Waals surface area (Å²) >= 11 is 0. The zero-order valence-corrected chi connectivity index (χ0v) is 26.3. The van der Waals surface area contributed by atoms with Crippen molar-refractivity contribution in [1.82, 2.24) is 19.7 Å². The maximum absolute atomic E-state index is 10.1. The van der Waals surface area contributed by atoms with Crippen molar-refractivity contribution in [2.45, 2.75) is 64.7 Å². The topological polar surface area (TPSA) is 113 Å². The van der Waals surface area contributed by atoms with Gasteiger partial charge in [0, 0.05) is 50.0 Å². The molecule has 11 heteroatoms. The Balaban J connectivity index is 1.45. The number of benzene rings is 1. The van der Waals surface area contributed by atoms with Crippen molar-refractivity contribution >= 4 is 31.5 Å². The number of morpholine rings is 1. The summed E-state index contributed by atoms with van der Waals surface area (Å²) in [6.07, 6.45) is 3.58. The summed E-state index contributed by atoms with van der Waals surface area (Å²) in [6.45, 7) is 20.7. The Bertz CT molecular complexity index is 1450. The maximum atomic E-state index is 10.1.